The molecule has 1 aromatic rings. The summed E-state index contributed by atoms with van der Waals surface area (Å²) in [5.74, 6) is 2.83. The summed E-state index contributed by atoms with van der Waals surface area (Å²) in [6.45, 7) is 6.68. The Morgan fingerprint density at radius 1 is 1.41 bits per heavy atom. The van der Waals surface area contributed by atoms with Crippen LogP contribution in [0.1, 0.15) is 25.8 Å². The van der Waals surface area contributed by atoms with Crippen LogP contribution in [0.3, 0.4) is 0 Å². The molecule has 0 saturated carbocycles. The Labute approximate surface area is 113 Å². The van der Waals surface area contributed by atoms with Gasteiger partial charge in [0, 0.05) is 25.2 Å². The first-order chi connectivity index (χ1) is 8.11. The number of hydrogen-bond donors (Lipinski definition) is 0. The molecule has 1 aliphatic rings. The first kappa shape index (κ1) is 13.0. The summed E-state index contributed by atoms with van der Waals surface area (Å²) in [6.07, 6.45) is 3.02. The predicted octanol–water partition coefficient (Wildman–Crippen LogP) is 3.96. The third-order valence-corrected chi connectivity index (χ3v) is 4.25. The van der Waals surface area contributed by atoms with Crippen molar-refractivity contribution in [1.82, 2.24) is 4.98 Å². The van der Waals surface area contributed by atoms with E-state index in [1.165, 1.54) is 6.42 Å². The Bertz CT molecular complexity index is 395. The molecule has 94 valence electrons. The molecule has 2 heterocycles. The van der Waals surface area contributed by atoms with Crippen LogP contribution in [0.25, 0.3) is 0 Å². The van der Waals surface area contributed by atoms with Crippen LogP contribution in [0.4, 0.5) is 5.82 Å². The lowest BCUT2D eigenvalue weighted by molar-refractivity contribution is 0.323. The molecule has 0 radical (unpaired) electrons. The fourth-order valence-corrected chi connectivity index (χ4v) is 2.69. The van der Waals surface area contributed by atoms with Crippen molar-refractivity contribution in [2.75, 3.05) is 18.0 Å². The second-order valence-corrected chi connectivity index (χ2v) is 5.65. The molecule has 0 amide bonds. The summed E-state index contributed by atoms with van der Waals surface area (Å²) >= 11 is 12.0. The molecule has 17 heavy (non-hydrogen) atoms. The number of anilines is 1. The van der Waals surface area contributed by atoms with Crippen molar-refractivity contribution in [2.45, 2.75) is 26.1 Å². The molecule has 2 nitrogen and oxygen atoms in total. The third kappa shape index (κ3) is 2.86. The maximum Gasteiger partial charge on any atom is 0.147 e. The summed E-state index contributed by atoms with van der Waals surface area (Å²) in [6, 6.07) is 1.92. The number of hydrogen-bond acceptors (Lipinski definition) is 2. The summed E-state index contributed by atoms with van der Waals surface area (Å²) in [4.78, 5) is 6.72. The smallest absolute Gasteiger partial charge is 0.147 e. The average molecular weight is 273 g/mol. The van der Waals surface area contributed by atoms with Crippen LogP contribution in [0, 0.1) is 11.8 Å². The van der Waals surface area contributed by atoms with Gasteiger partial charge in [-0.15, -0.1) is 11.6 Å². The molecule has 1 aromatic heterocycles. The number of pyridine rings is 1. The fourth-order valence-electron chi connectivity index (χ4n) is 2.23. The van der Waals surface area contributed by atoms with Gasteiger partial charge in [0.25, 0.3) is 0 Å². The zero-order valence-corrected chi connectivity index (χ0v) is 11.8. The minimum absolute atomic E-state index is 0.459. The molecule has 0 aromatic carbocycles. The van der Waals surface area contributed by atoms with Gasteiger partial charge in [-0.2, -0.15) is 0 Å². The van der Waals surface area contributed by atoms with Gasteiger partial charge < -0.3 is 4.90 Å². The number of piperidine rings is 1. The van der Waals surface area contributed by atoms with Crippen LogP contribution in [0.15, 0.2) is 12.3 Å². The topological polar surface area (TPSA) is 16.1 Å². The lowest BCUT2D eigenvalue weighted by Gasteiger charge is -2.36. The van der Waals surface area contributed by atoms with E-state index in [2.05, 4.69) is 23.7 Å². The van der Waals surface area contributed by atoms with Crippen LogP contribution >= 0.6 is 23.2 Å². The molecule has 2 atom stereocenters. The average Bonchev–Trinajstić information content (AvgIpc) is 2.32. The van der Waals surface area contributed by atoms with Crippen LogP contribution in [0.5, 0.6) is 0 Å². The molecule has 0 N–H and O–H groups in total. The zero-order chi connectivity index (χ0) is 12.4. The van der Waals surface area contributed by atoms with Crippen LogP contribution in [-0.2, 0) is 5.88 Å². The summed E-state index contributed by atoms with van der Waals surface area (Å²) < 4.78 is 0. The van der Waals surface area contributed by atoms with Gasteiger partial charge in [0.2, 0.25) is 0 Å². The quantitative estimate of drug-likeness (QED) is 0.758. The monoisotopic (exact) mass is 272 g/mol. The molecule has 0 aliphatic carbocycles. The lowest BCUT2D eigenvalue weighted by atomic mass is 9.89. The summed E-state index contributed by atoms with van der Waals surface area (Å²) in [7, 11) is 0. The molecular weight excluding hydrogens is 255 g/mol. The van der Waals surface area contributed by atoms with E-state index >= 15 is 0 Å². The van der Waals surface area contributed by atoms with Gasteiger partial charge in [-0.1, -0.05) is 25.4 Å². The normalized spacial score (nSPS) is 25.1. The van der Waals surface area contributed by atoms with Crippen molar-refractivity contribution in [3.05, 3.63) is 22.8 Å². The highest BCUT2D eigenvalue weighted by Gasteiger charge is 2.24. The van der Waals surface area contributed by atoms with Crippen LogP contribution < -0.4 is 4.90 Å². The van der Waals surface area contributed by atoms with Gasteiger partial charge in [-0.25, -0.2) is 4.98 Å². The minimum atomic E-state index is 0.459. The Morgan fingerprint density at radius 3 is 2.76 bits per heavy atom. The van der Waals surface area contributed by atoms with Crippen molar-refractivity contribution < 1.29 is 0 Å². The van der Waals surface area contributed by atoms with E-state index in [0.717, 1.165) is 30.4 Å². The molecule has 2 unspecified atom stereocenters. The molecule has 0 bridgehead atoms. The molecule has 2 rings (SSSR count). The largest absolute Gasteiger partial charge is 0.355 e. The molecule has 4 heteroatoms. The van der Waals surface area contributed by atoms with E-state index in [4.69, 9.17) is 23.2 Å². The summed E-state index contributed by atoms with van der Waals surface area (Å²) in [5, 5.41) is 0.713. The van der Waals surface area contributed by atoms with Crippen molar-refractivity contribution in [3.8, 4) is 0 Å². The van der Waals surface area contributed by atoms with Gasteiger partial charge in [-0.3, -0.25) is 0 Å². The van der Waals surface area contributed by atoms with E-state index in [-0.39, 0.29) is 0 Å². The second kappa shape index (κ2) is 5.45. The lowest BCUT2D eigenvalue weighted by Crippen LogP contribution is -2.39. The van der Waals surface area contributed by atoms with E-state index in [0.29, 0.717) is 16.8 Å². The molecule has 0 spiro atoms. The summed E-state index contributed by atoms with van der Waals surface area (Å²) in [5.41, 5.74) is 0.971. The first-order valence-corrected chi connectivity index (χ1v) is 6.98. The standard InChI is InChI=1S/C13H18Cl2N2/c1-9-3-4-17(8-10(9)2)13-12(15)5-11(6-14)7-16-13/h5,7,9-10H,3-4,6,8H2,1-2H3. The fraction of sp³-hybridized carbons (Fsp3) is 0.615. The van der Waals surface area contributed by atoms with E-state index in [9.17, 15) is 0 Å². The van der Waals surface area contributed by atoms with Crippen molar-refractivity contribution >= 4 is 29.0 Å². The van der Waals surface area contributed by atoms with Crippen LogP contribution in [-0.4, -0.2) is 18.1 Å². The molecular formula is C13H18Cl2N2. The third-order valence-electron chi connectivity index (χ3n) is 3.67. The van der Waals surface area contributed by atoms with Gasteiger partial charge >= 0.3 is 0 Å². The number of rotatable bonds is 2. The number of halogens is 2. The van der Waals surface area contributed by atoms with Crippen molar-refractivity contribution in [1.29, 1.82) is 0 Å². The van der Waals surface area contributed by atoms with Gasteiger partial charge in [0.05, 0.1) is 5.02 Å². The second-order valence-electron chi connectivity index (χ2n) is 4.97. The van der Waals surface area contributed by atoms with Gasteiger partial charge in [0.1, 0.15) is 5.82 Å². The van der Waals surface area contributed by atoms with Crippen LogP contribution in [0.2, 0.25) is 5.02 Å². The van der Waals surface area contributed by atoms with Gasteiger partial charge in [-0.05, 0) is 29.9 Å². The van der Waals surface area contributed by atoms with E-state index in [1.807, 2.05) is 12.3 Å². The highest BCUT2D eigenvalue weighted by molar-refractivity contribution is 6.33. The van der Waals surface area contributed by atoms with Crippen molar-refractivity contribution in [3.63, 3.8) is 0 Å². The molecule has 1 saturated heterocycles. The van der Waals surface area contributed by atoms with E-state index < -0.39 is 0 Å². The molecule has 1 fully saturated rings. The number of alkyl halides is 1. The molecule has 1 aliphatic heterocycles. The first-order valence-electron chi connectivity index (χ1n) is 6.07. The minimum Gasteiger partial charge on any atom is -0.355 e. The Morgan fingerprint density at radius 2 is 2.18 bits per heavy atom. The van der Waals surface area contributed by atoms with Crippen molar-refractivity contribution in [2.24, 2.45) is 11.8 Å². The Balaban J connectivity index is 2.17. The highest BCUT2D eigenvalue weighted by Crippen LogP contribution is 2.30. The Hall–Kier alpha value is -0.470. The SMILES string of the molecule is CC1CCN(c2ncc(CCl)cc2Cl)CC1C. The zero-order valence-electron chi connectivity index (χ0n) is 10.3. The van der Waals surface area contributed by atoms with Gasteiger partial charge in [0.15, 0.2) is 0 Å². The predicted molar refractivity (Wildman–Crippen MR) is 74.0 cm³/mol. The number of nitrogens with zero attached hydrogens (tertiary/aromatic N) is 2. The number of aromatic nitrogens is 1. The maximum absolute atomic E-state index is 6.26. The highest BCUT2D eigenvalue weighted by atomic mass is 35.5. The maximum atomic E-state index is 6.26. The Kier molecular flexibility index (Phi) is 4.16. The van der Waals surface area contributed by atoms with E-state index in [1.54, 1.807) is 0 Å².